The average Bonchev–Trinajstić information content (AvgIpc) is 3.24. The predicted molar refractivity (Wildman–Crippen MR) is 108 cm³/mol. The molecule has 28 heavy (non-hydrogen) atoms. The van der Waals surface area contributed by atoms with Gasteiger partial charge in [0.05, 0.1) is 18.0 Å². The van der Waals surface area contributed by atoms with E-state index in [-0.39, 0.29) is 11.2 Å². The van der Waals surface area contributed by atoms with E-state index < -0.39 is 0 Å². The van der Waals surface area contributed by atoms with Crippen molar-refractivity contribution >= 4 is 16.9 Å². The van der Waals surface area contributed by atoms with Crippen LogP contribution in [-0.2, 0) is 31.8 Å². The molecule has 1 aromatic carbocycles. The Labute approximate surface area is 161 Å². The van der Waals surface area contributed by atoms with Gasteiger partial charge in [0.2, 0.25) is 5.78 Å². The third kappa shape index (κ3) is 2.45. The van der Waals surface area contributed by atoms with Crippen molar-refractivity contribution in [3.63, 3.8) is 0 Å². The van der Waals surface area contributed by atoms with Crippen LogP contribution in [0.15, 0.2) is 39.9 Å². The maximum absolute atomic E-state index is 13.0. The first-order chi connectivity index (χ1) is 13.5. The molecule has 0 atom stereocenters. The van der Waals surface area contributed by atoms with Crippen LogP contribution in [0.3, 0.4) is 0 Å². The van der Waals surface area contributed by atoms with Crippen molar-refractivity contribution in [3.05, 3.63) is 56.9 Å². The van der Waals surface area contributed by atoms with E-state index in [9.17, 15) is 9.59 Å². The van der Waals surface area contributed by atoms with E-state index >= 15 is 0 Å². The quantitative estimate of drug-likeness (QED) is 0.526. The minimum atomic E-state index is -0.386. The number of ether oxygens (including phenoxy) is 1. The summed E-state index contributed by atoms with van der Waals surface area (Å²) in [5.74, 6) is 0.640. The Hall–Kier alpha value is -3.13. The third-order valence-corrected chi connectivity index (χ3v) is 5.20. The minimum absolute atomic E-state index is 0.344. The number of hydrogen-bond acceptors (Lipinski definition) is 4. The number of aryl methyl sites for hydroxylation is 2. The molecule has 0 aliphatic carbocycles. The van der Waals surface area contributed by atoms with Gasteiger partial charge in [0.1, 0.15) is 0 Å². The van der Waals surface area contributed by atoms with E-state index in [1.165, 1.54) is 11.6 Å². The molecule has 3 heterocycles. The second-order valence-electron chi connectivity index (χ2n) is 6.78. The molecule has 0 aliphatic heterocycles. The van der Waals surface area contributed by atoms with Crippen LogP contribution in [0.5, 0.6) is 0 Å². The molecular formula is C20H23N5O3. The molecule has 3 aromatic heterocycles. The van der Waals surface area contributed by atoms with Crippen LogP contribution < -0.4 is 11.2 Å². The molecule has 0 spiro atoms. The zero-order valence-electron chi connectivity index (χ0n) is 16.5. The fourth-order valence-electron chi connectivity index (χ4n) is 3.82. The van der Waals surface area contributed by atoms with Crippen molar-refractivity contribution in [1.29, 1.82) is 0 Å². The van der Waals surface area contributed by atoms with Gasteiger partial charge in [-0.2, -0.15) is 4.98 Å². The molecule has 8 heteroatoms. The van der Waals surface area contributed by atoms with Crippen molar-refractivity contribution < 1.29 is 4.74 Å². The van der Waals surface area contributed by atoms with Crippen LogP contribution in [-0.4, -0.2) is 36.8 Å². The van der Waals surface area contributed by atoms with Gasteiger partial charge in [0.15, 0.2) is 11.2 Å². The first-order valence-corrected chi connectivity index (χ1v) is 9.25. The Balaban J connectivity index is 2.22. The van der Waals surface area contributed by atoms with Gasteiger partial charge in [0, 0.05) is 33.3 Å². The molecular weight excluding hydrogens is 358 g/mol. The number of imidazole rings is 2. The Morgan fingerprint density at radius 2 is 1.79 bits per heavy atom. The summed E-state index contributed by atoms with van der Waals surface area (Å²) in [6.07, 6.45) is 0.707. The second-order valence-corrected chi connectivity index (χ2v) is 6.78. The van der Waals surface area contributed by atoms with Crippen molar-refractivity contribution in [1.82, 2.24) is 23.1 Å². The Morgan fingerprint density at radius 3 is 2.43 bits per heavy atom. The fraction of sp³-hybridized carbons (Fsp3) is 0.350. The van der Waals surface area contributed by atoms with Crippen LogP contribution >= 0.6 is 0 Å². The van der Waals surface area contributed by atoms with Crippen LogP contribution in [0, 0.1) is 0 Å². The summed E-state index contributed by atoms with van der Waals surface area (Å²) in [4.78, 5) is 30.0. The second kappa shape index (κ2) is 6.79. The van der Waals surface area contributed by atoms with E-state index in [0.29, 0.717) is 36.5 Å². The molecule has 146 valence electrons. The summed E-state index contributed by atoms with van der Waals surface area (Å²) >= 11 is 0. The number of fused-ring (bicyclic) bond motifs is 3. The van der Waals surface area contributed by atoms with Gasteiger partial charge in [-0.25, -0.2) is 4.79 Å². The number of benzene rings is 1. The molecule has 0 radical (unpaired) electrons. The maximum Gasteiger partial charge on any atom is 0.332 e. The number of aromatic nitrogens is 5. The molecule has 0 saturated carbocycles. The highest BCUT2D eigenvalue weighted by Crippen LogP contribution is 2.30. The van der Waals surface area contributed by atoms with E-state index in [1.807, 2.05) is 34.7 Å². The van der Waals surface area contributed by atoms with E-state index in [4.69, 9.17) is 9.72 Å². The number of nitrogens with zero attached hydrogens (tertiary/aromatic N) is 5. The smallest absolute Gasteiger partial charge is 0.332 e. The van der Waals surface area contributed by atoms with E-state index in [1.54, 1.807) is 14.2 Å². The Bertz CT molecular complexity index is 1290. The lowest BCUT2D eigenvalue weighted by atomic mass is 10.1. The van der Waals surface area contributed by atoms with Crippen molar-refractivity contribution in [3.8, 4) is 11.3 Å². The Morgan fingerprint density at radius 1 is 1.07 bits per heavy atom. The highest BCUT2D eigenvalue weighted by atomic mass is 16.5. The molecule has 0 aliphatic rings. The predicted octanol–water partition coefficient (Wildman–Crippen LogP) is 1.56. The summed E-state index contributed by atoms with van der Waals surface area (Å²) in [5.41, 5.74) is 3.13. The molecule has 4 aromatic rings. The summed E-state index contributed by atoms with van der Waals surface area (Å²) in [5, 5.41) is 0. The first-order valence-electron chi connectivity index (χ1n) is 9.25. The fourth-order valence-corrected chi connectivity index (χ4v) is 3.82. The SMILES string of the molecule is CCc1c(-c2ccccc2)n(CCOC)c2nc3c(c(=O)n(C)c(=O)n3C)n12. The van der Waals surface area contributed by atoms with Gasteiger partial charge in [-0.05, 0) is 6.42 Å². The summed E-state index contributed by atoms with van der Waals surface area (Å²) in [6.45, 7) is 3.15. The van der Waals surface area contributed by atoms with Crippen LogP contribution in [0.1, 0.15) is 12.6 Å². The van der Waals surface area contributed by atoms with E-state index in [2.05, 4.69) is 11.5 Å². The van der Waals surface area contributed by atoms with Gasteiger partial charge >= 0.3 is 5.69 Å². The molecule has 8 nitrogen and oxygen atoms in total. The third-order valence-electron chi connectivity index (χ3n) is 5.20. The van der Waals surface area contributed by atoms with Crippen molar-refractivity contribution in [2.24, 2.45) is 14.1 Å². The van der Waals surface area contributed by atoms with Gasteiger partial charge in [-0.3, -0.25) is 18.3 Å². The Kier molecular flexibility index (Phi) is 4.43. The molecule has 4 rings (SSSR count). The monoisotopic (exact) mass is 381 g/mol. The van der Waals surface area contributed by atoms with Gasteiger partial charge in [-0.1, -0.05) is 37.3 Å². The van der Waals surface area contributed by atoms with Crippen LogP contribution in [0.25, 0.3) is 28.2 Å². The molecule has 0 fully saturated rings. The number of hydrogen-bond donors (Lipinski definition) is 0. The largest absolute Gasteiger partial charge is 0.383 e. The summed E-state index contributed by atoms with van der Waals surface area (Å²) < 4.78 is 11.8. The van der Waals surface area contributed by atoms with E-state index in [0.717, 1.165) is 21.5 Å². The molecule has 0 N–H and O–H groups in total. The minimum Gasteiger partial charge on any atom is -0.383 e. The molecule has 0 bridgehead atoms. The highest BCUT2D eigenvalue weighted by molar-refractivity contribution is 5.80. The maximum atomic E-state index is 13.0. The standard InChI is InChI=1S/C20H23N5O3/c1-5-14-15(13-9-7-6-8-10-13)24(11-12-28-4)19-21-17-16(25(14)19)18(26)23(3)20(27)22(17)2/h6-10H,5,11-12H2,1-4H3. The number of methoxy groups -OCH3 is 1. The van der Waals surface area contributed by atoms with Crippen molar-refractivity contribution in [2.45, 2.75) is 19.9 Å². The average molecular weight is 381 g/mol. The van der Waals surface area contributed by atoms with Crippen LogP contribution in [0.4, 0.5) is 0 Å². The lowest BCUT2D eigenvalue weighted by Gasteiger charge is -2.10. The normalized spacial score (nSPS) is 11.7. The van der Waals surface area contributed by atoms with Gasteiger partial charge in [-0.15, -0.1) is 0 Å². The molecule has 0 unspecified atom stereocenters. The van der Waals surface area contributed by atoms with Gasteiger partial charge < -0.3 is 9.30 Å². The van der Waals surface area contributed by atoms with Gasteiger partial charge in [0.25, 0.3) is 5.56 Å². The lowest BCUT2D eigenvalue weighted by Crippen LogP contribution is -2.37. The topological polar surface area (TPSA) is 75.5 Å². The van der Waals surface area contributed by atoms with Crippen LogP contribution in [0.2, 0.25) is 0 Å². The summed E-state index contributed by atoms with van der Waals surface area (Å²) in [6, 6.07) is 10.1. The highest BCUT2D eigenvalue weighted by Gasteiger charge is 2.24. The first kappa shape index (κ1) is 18.2. The molecule has 0 amide bonds. The molecule has 0 saturated heterocycles. The zero-order valence-corrected chi connectivity index (χ0v) is 16.5. The zero-order chi connectivity index (χ0) is 20.0. The lowest BCUT2D eigenvalue weighted by molar-refractivity contribution is 0.188. The summed E-state index contributed by atoms with van der Waals surface area (Å²) in [7, 11) is 4.79. The van der Waals surface area contributed by atoms with Crippen molar-refractivity contribution in [2.75, 3.05) is 13.7 Å². The number of rotatable bonds is 5.